The second kappa shape index (κ2) is 8.50. The number of sulfone groups is 1. The SMILES string of the molecule is Cc1cccc(-c2csc(N3CCC(S(=O)(=O)c4ccc(Cl)c(Cl)c4)CC3)n2)c1C. The zero-order valence-electron chi connectivity index (χ0n) is 16.7. The second-order valence-corrected chi connectivity index (χ2v) is 11.4. The molecule has 0 unspecified atom stereocenters. The Bertz CT molecular complexity index is 1180. The van der Waals surface area contributed by atoms with Gasteiger partial charge in [0.25, 0.3) is 0 Å². The van der Waals surface area contributed by atoms with E-state index < -0.39 is 15.1 Å². The molecule has 4 nitrogen and oxygen atoms in total. The molecule has 2 aromatic carbocycles. The molecule has 1 saturated heterocycles. The van der Waals surface area contributed by atoms with Gasteiger partial charge in [0.05, 0.1) is 25.9 Å². The van der Waals surface area contributed by atoms with Gasteiger partial charge in [0.1, 0.15) is 0 Å². The lowest BCUT2D eigenvalue weighted by atomic mass is 10.0. The van der Waals surface area contributed by atoms with E-state index in [1.165, 1.54) is 29.3 Å². The molecule has 3 aromatic rings. The Morgan fingerprint density at radius 2 is 1.80 bits per heavy atom. The number of halogens is 2. The molecule has 30 heavy (non-hydrogen) atoms. The molecule has 8 heteroatoms. The standard InChI is InChI=1S/C22H22Cl2N2O2S2/c1-14-4-3-5-18(15(14)2)21-13-29-22(25-21)26-10-8-16(9-11-26)30(27,28)17-6-7-19(23)20(24)12-17/h3-7,12-13,16H,8-11H2,1-2H3. The number of anilines is 1. The third kappa shape index (κ3) is 4.11. The summed E-state index contributed by atoms with van der Waals surface area (Å²) in [5.41, 5.74) is 4.60. The van der Waals surface area contributed by atoms with Crippen LogP contribution in [0.5, 0.6) is 0 Å². The summed E-state index contributed by atoms with van der Waals surface area (Å²) in [4.78, 5) is 7.25. The fraction of sp³-hybridized carbons (Fsp3) is 0.318. The molecule has 0 bridgehead atoms. The first-order valence-electron chi connectivity index (χ1n) is 9.73. The Hall–Kier alpha value is -1.60. The summed E-state index contributed by atoms with van der Waals surface area (Å²) in [6.07, 6.45) is 1.11. The number of nitrogens with zero attached hydrogens (tertiary/aromatic N) is 2. The predicted molar refractivity (Wildman–Crippen MR) is 126 cm³/mol. The number of piperidine rings is 1. The molecule has 1 fully saturated rings. The van der Waals surface area contributed by atoms with Crippen molar-refractivity contribution in [2.75, 3.05) is 18.0 Å². The summed E-state index contributed by atoms with van der Waals surface area (Å²) in [6.45, 7) is 5.53. The maximum atomic E-state index is 13.0. The van der Waals surface area contributed by atoms with Crippen molar-refractivity contribution in [2.24, 2.45) is 0 Å². The molecule has 0 atom stereocenters. The van der Waals surface area contributed by atoms with Gasteiger partial charge in [-0.15, -0.1) is 11.3 Å². The number of benzene rings is 2. The smallest absolute Gasteiger partial charge is 0.185 e. The van der Waals surface area contributed by atoms with Gasteiger partial charge in [-0.3, -0.25) is 0 Å². The van der Waals surface area contributed by atoms with Gasteiger partial charge in [-0.25, -0.2) is 13.4 Å². The molecule has 0 N–H and O–H groups in total. The molecule has 1 aliphatic heterocycles. The van der Waals surface area contributed by atoms with Gasteiger partial charge in [0.15, 0.2) is 15.0 Å². The number of aryl methyl sites for hydroxylation is 1. The number of thiazole rings is 1. The van der Waals surface area contributed by atoms with E-state index >= 15 is 0 Å². The molecule has 4 rings (SSSR count). The Morgan fingerprint density at radius 3 is 2.50 bits per heavy atom. The van der Waals surface area contributed by atoms with Gasteiger partial charge in [-0.1, -0.05) is 41.4 Å². The molecule has 0 saturated carbocycles. The monoisotopic (exact) mass is 480 g/mol. The molecule has 0 aliphatic carbocycles. The second-order valence-electron chi connectivity index (χ2n) is 7.57. The highest BCUT2D eigenvalue weighted by Crippen LogP contribution is 2.34. The third-order valence-electron chi connectivity index (χ3n) is 5.74. The quantitative estimate of drug-likeness (QED) is 0.447. The van der Waals surface area contributed by atoms with E-state index in [4.69, 9.17) is 28.2 Å². The van der Waals surface area contributed by atoms with E-state index in [1.54, 1.807) is 11.3 Å². The van der Waals surface area contributed by atoms with Gasteiger partial charge in [0.2, 0.25) is 0 Å². The summed E-state index contributed by atoms with van der Waals surface area (Å²) in [7, 11) is -3.44. The lowest BCUT2D eigenvalue weighted by molar-refractivity contribution is 0.529. The van der Waals surface area contributed by atoms with Crippen LogP contribution in [0.1, 0.15) is 24.0 Å². The minimum atomic E-state index is -3.44. The van der Waals surface area contributed by atoms with Crippen molar-refractivity contribution in [3.05, 3.63) is 63.0 Å². The number of rotatable bonds is 4. The fourth-order valence-corrected chi connectivity index (χ4v) is 6.76. The average molecular weight is 481 g/mol. The molecule has 0 amide bonds. The van der Waals surface area contributed by atoms with Gasteiger partial charge in [-0.2, -0.15) is 0 Å². The van der Waals surface area contributed by atoms with Gasteiger partial charge < -0.3 is 4.90 Å². The summed E-state index contributed by atoms with van der Waals surface area (Å²) in [5.74, 6) is 0. The van der Waals surface area contributed by atoms with Crippen LogP contribution in [0.15, 0.2) is 46.7 Å². The molecular weight excluding hydrogens is 459 g/mol. The van der Waals surface area contributed by atoms with Crippen LogP contribution in [0.25, 0.3) is 11.3 Å². The van der Waals surface area contributed by atoms with E-state index in [0.29, 0.717) is 31.0 Å². The summed E-state index contributed by atoms with van der Waals surface area (Å²) in [5, 5.41) is 3.21. The maximum Gasteiger partial charge on any atom is 0.185 e. The molecule has 1 aromatic heterocycles. The van der Waals surface area contributed by atoms with E-state index in [-0.39, 0.29) is 9.92 Å². The third-order valence-corrected chi connectivity index (χ3v) is 9.64. The highest BCUT2D eigenvalue weighted by atomic mass is 35.5. The topological polar surface area (TPSA) is 50.3 Å². The number of hydrogen-bond donors (Lipinski definition) is 0. The molecule has 1 aliphatic rings. The van der Waals surface area contributed by atoms with E-state index in [1.807, 2.05) is 0 Å². The first-order chi connectivity index (χ1) is 14.3. The first-order valence-corrected chi connectivity index (χ1v) is 12.9. The van der Waals surface area contributed by atoms with Crippen LogP contribution in [0, 0.1) is 13.8 Å². The van der Waals surface area contributed by atoms with Crippen LogP contribution in [0.4, 0.5) is 5.13 Å². The van der Waals surface area contributed by atoms with Crippen molar-refractivity contribution in [1.82, 2.24) is 4.98 Å². The Morgan fingerprint density at radius 1 is 1.07 bits per heavy atom. The van der Waals surface area contributed by atoms with Crippen molar-refractivity contribution in [3.8, 4) is 11.3 Å². The molecule has 0 radical (unpaired) electrons. The van der Waals surface area contributed by atoms with Crippen LogP contribution < -0.4 is 4.90 Å². The predicted octanol–water partition coefficient (Wildman–Crippen LogP) is 6.18. The van der Waals surface area contributed by atoms with Crippen molar-refractivity contribution >= 4 is 49.5 Å². The van der Waals surface area contributed by atoms with E-state index in [2.05, 4.69) is 42.3 Å². The molecule has 0 spiro atoms. The van der Waals surface area contributed by atoms with Crippen molar-refractivity contribution in [3.63, 3.8) is 0 Å². The minimum Gasteiger partial charge on any atom is -0.348 e. The number of hydrogen-bond acceptors (Lipinski definition) is 5. The van der Waals surface area contributed by atoms with E-state index in [0.717, 1.165) is 16.4 Å². The van der Waals surface area contributed by atoms with Crippen LogP contribution in [0.2, 0.25) is 10.0 Å². The highest BCUT2D eigenvalue weighted by molar-refractivity contribution is 7.92. The summed E-state index contributed by atoms with van der Waals surface area (Å²) in [6, 6.07) is 10.8. The lowest BCUT2D eigenvalue weighted by Crippen LogP contribution is -2.39. The first kappa shape index (κ1) is 21.6. The van der Waals surface area contributed by atoms with Crippen LogP contribution in [-0.4, -0.2) is 31.7 Å². The van der Waals surface area contributed by atoms with Crippen LogP contribution in [0.3, 0.4) is 0 Å². The normalized spacial score (nSPS) is 15.5. The maximum absolute atomic E-state index is 13.0. The Labute approximate surface area is 191 Å². The average Bonchev–Trinajstić information content (AvgIpc) is 3.22. The van der Waals surface area contributed by atoms with Gasteiger partial charge in [-0.05, 0) is 56.0 Å². The van der Waals surface area contributed by atoms with Crippen molar-refractivity contribution in [2.45, 2.75) is 36.8 Å². The van der Waals surface area contributed by atoms with Crippen LogP contribution in [-0.2, 0) is 9.84 Å². The Balaban J connectivity index is 1.48. The van der Waals surface area contributed by atoms with Crippen LogP contribution >= 0.6 is 34.5 Å². The molecule has 2 heterocycles. The summed E-state index contributed by atoms with van der Waals surface area (Å²) >= 11 is 13.6. The van der Waals surface area contributed by atoms with Gasteiger partial charge in [0, 0.05) is 24.0 Å². The molecular formula is C22H22Cl2N2O2S2. The minimum absolute atomic E-state index is 0.238. The van der Waals surface area contributed by atoms with Crippen molar-refractivity contribution < 1.29 is 8.42 Å². The van der Waals surface area contributed by atoms with E-state index in [9.17, 15) is 8.42 Å². The largest absolute Gasteiger partial charge is 0.348 e. The number of aromatic nitrogens is 1. The Kier molecular flexibility index (Phi) is 6.13. The van der Waals surface area contributed by atoms with Crippen molar-refractivity contribution in [1.29, 1.82) is 0 Å². The van der Waals surface area contributed by atoms with Gasteiger partial charge >= 0.3 is 0 Å². The zero-order valence-corrected chi connectivity index (χ0v) is 19.9. The fourth-order valence-electron chi connectivity index (χ4n) is 3.77. The highest BCUT2D eigenvalue weighted by Gasteiger charge is 2.32. The summed E-state index contributed by atoms with van der Waals surface area (Å²) < 4.78 is 26.0. The zero-order chi connectivity index (χ0) is 21.5. The molecule has 158 valence electrons. The lowest BCUT2D eigenvalue weighted by Gasteiger charge is -2.31.